The summed E-state index contributed by atoms with van der Waals surface area (Å²) in [5.41, 5.74) is 3.80. The zero-order valence-corrected chi connectivity index (χ0v) is 16.8. The number of fused-ring (bicyclic) bond motifs is 3. The number of hydrogen-bond donors (Lipinski definition) is 1. The van der Waals surface area contributed by atoms with Gasteiger partial charge in [0.25, 0.3) is 0 Å². The van der Waals surface area contributed by atoms with Crippen LogP contribution in [0.4, 0.5) is 11.5 Å². The average Bonchev–Trinajstić information content (AvgIpc) is 3.17. The van der Waals surface area contributed by atoms with E-state index in [9.17, 15) is 0 Å². The number of para-hydroxylation sites is 3. The van der Waals surface area contributed by atoms with Gasteiger partial charge in [-0.2, -0.15) is 0 Å². The molecule has 0 unspecified atom stereocenters. The van der Waals surface area contributed by atoms with Crippen LogP contribution in [0.15, 0.2) is 52.9 Å². The molecule has 1 aliphatic rings. The van der Waals surface area contributed by atoms with Gasteiger partial charge in [0.15, 0.2) is 22.8 Å². The zero-order chi connectivity index (χ0) is 19.8. The van der Waals surface area contributed by atoms with Crippen molar-refractivity contribution < 1.29 is 14.1 Å². The minimum atomic E-state index is 0.796. The first-order valence-electron chi connectivity index (χ1n) is 10.2. The lowest BCUT2D eigenvalue weighted by Crippen LogP contribution is -3.10. The molecule has 29 heavy (non-hydrogen) atoms. The van der Waals surface area contributed by atoms with E-state index in [0.29, 0.717) is 0 Å². The van der Waals surface area contributed by atoms with E-state index in [0.717, 1.165) is 72.1 Å². The molecular formula is C23H25N4O2+. The van der Waals surface area contributed by atoms with E-state index < -0.39 is 0 Å². The zero-order valence-electron chi connectivity index (χ0n) is 16.8. The Morgan fingerprint density at radius 3 is 2.59 bits per heavy atom. The van der Waals surface area contributed by atoms with Crippen LogP contribution in [0.1, 0.15) is 12.7 Å². The molecule has 1 N–H and O–H groups in total. The van der Waals surface area contributed by atoms with Crippen molar-refractivity contribution in [1.82, 2.24) is 9.97 Å². The minimum absolute atomic E-state index is 0.796. The number of nitrogens with one attached hydrogen (secondary N) is 1. The Morgan fingerprint density at radius 2 is 1.79 bits per heavy atom. The van der Waals surface area contributed by atoms with Gasteiger partial charge >= 0.3 is 0 Å². The number of hydrogen-bond acceptors (Lipinski definition) is 5. The summed E-state index contributed by atoms with van der Waals surface area (Å²) in [7, 11) is 1.74. The Morgan fingerprint density at radius 1 is 1.03 bits per heavy atom. The van der Waals surface area contributed by atoms with Crippen molar-refractivity contribution in [3.05, 3.63) is 54.4 Å². The summed E-state index contributed by atoms with van der Waals surface area (Å²) in [4.78, 5) is 13.4. The van der Waals surface area contributed by atoms with Crippen LogP contribution in [-0.4, -0.2) is 43.3 Å². The quantitative estimate of drug-likeness (QED) is 0.582. The van der Waals surface area contributed by atoms with E-state index in [-0.39, 0.29) is 0 Å². The highest BCUT2D eigenvalue weighted by atomic mass is 16.5. The SMILES string of the molecule is CCc1nc(N2CC[NH+](c3ccccc3OC)CC2)c2oc3ccccc3c2n1. The lowest BCUT2D eigenvalue weighted by atomic mass is 10.2. The monoisotopic (exact) mass is 389 g/mol. The molecule has 6 nitrogen and oxygen atoms in total. The number of ether oxygens (including phenoxy) is 1. The molecule has 0 radical (unpaired) electrons. The lowest BCUT2D eigenvalue weighted by Gasteiger charge is -2.33. The van der Waals surface area contributed by atoms with E-state index >= 15 is 0 Å². The maximum absolute atomic E-state index is 6.19. The summed E-state index contributed by atoms with van der Waals surface area (Å²) >= 11 is 0. The molecule has 4 aromatic rings. The Hall–Kier alpha value is -3.12. The van der Waals surface area contributed by atoms with Gasteiger partial charge in [-0.25, -0.2) is 9.97 Å². The van der Waals surface area contributed by atoms with Crippen LogP contribution in [0.5, 0.6) is 5.75 Å². The number of aryl methyl sites for hydroxylation is 1. The summed E-state index contributed by atoms with van der Waals surface area (Å²) in [6.07, 6.45) is 0.800. The van der Waals surface area contributed by atoms with E-state index in [2.05, 4.69) is 30.0 Å². The fraction of sp³-hybridized carbons (Fsp3) is 0.304. The summed E-state index contributed by atoms with van der Waals surface area (Å²) in [5.74, 6) is 2.73. The van der Waals surface area contributed by atoms with Gasteiger partial charge in [-0.15, -0.1) is 0 Å². The molecule has 5 rings (SSSR count). The standard InChI is InChI=1S/C23H24N4O2/c1-3-20-24-21-16-8-4-6-10-18(16)29-22(21)23(25-20)27-14-12-26(13-15-27)17-9-5-7-11-19(17)28-2/h4-11H,3,12-15H2,1-2H3/p+1. The van der Waals surface area contributed by atoms with E-state index in [1.54, 1.807) is 7.11 Å². The molecule has 2 aromatic heterocycles. The van der Waals surface area contributed by atoms with Gasteiger partial charge in [0.05, 0.1) is 33.3 Å². The van der Waals surface area contributed by atoms with Crippen molar-refractivity contribution >= 4 is 33.6 Å². The van der Waals surface area contributed by atoms with Gasteiger partial charge in [-0.1, -0.05) is 31.2 Å². The number of methoxy groups -OCH3 is 1. The number of quaternary nitrogens is 1. The third-order valence-corrected chi connectivity index (χ3v) is 5.72. The fourth-order valence-electron chi connectivity index (χ4n) is 4.19. The topological polar surface area (TPSA) is 55.8 Å². The summed E-state index contributed by atoms with van der Waals surface area (Å²) in [6.45, 7) is 5.86. The van der Waals surface area contributed by atoms with E-state index in [1.165, 1.54) is 10.6 Å². The molecule has 6 heteroatoms. The van der Waals surface area contributed by atoms with Crippen molar-refractivity contribution in [1.29, 1.82) is 0 Å². The second-order valence-electron chi connectivity index (χ2n) is 7.38. The highest BCUT2D eigenvalue weighted by Crippen LogP contribution is 2.33. The first kappa shape index (κ1) is 17.9. The Kier molecular flexibility index (Phi) is 4.56. The molecule has 0 saturated carbocycles. The lowest BCUT2D eigenvalue weighted by molar-refractivity contribution is -0.833. The molecular weight excluding hydrogens is 364 g/mol. The summed E-state index contributed by atoms with van der Waals surface area (Å²) in [6, 6.07) is 16.4. The maximum atomic E-state index is 6.19. The van der Waals surface area contributed by atoms with Crippen LogP contribution in [0.3, 0.4) is 0 Å². The number of furan rings is 1. The highest BCUT2D eigenvalue weighted by molar-refractivity contribution is 6.05. The number of anilines is 1. The summed E-state index contributed by atoms with van der Waals surface area (Å²) in [5, 5.41) is 1.05. The van der Waals surface area contributed by atoms with Gasteiger partial charge in [-0.3, -0.25) is 4.90 Å². The van der Waals surface area contributed by atoms with Crippen molar-refractivity contribution in [2.75, 3.05) is 38.2 Å². The third kappa shape index (κ3) is 3.09. The molecule has 148 valence electrons. The number of aromatic nitrogens is 2. The predicted octanol–water partition coefficient (Wildman–Crippen LogP) is 2.98. The molecule has 0 spiro atoms. The van der Waals surface area contributed by atoms with Crippen LogP contribution in [0.2, 0.25) is 0 Å². The Bertz CT molecular complexity index is 1160. The Balaban J connectivity index is 1.49. The molecule has 3 heterocycles. The molecule has 0 amide bonds. The van der Waals surface area contributed by atoms with Gasteiger partial charge in [-0.05, 0) is 18.2 Å². The molecule has 2 aromatic carbocycles. The van der Waals surface area contributed by atoms with Crippen LogP contribution >= 0.6 is 0 Å². The average molecular weight is 389 g/mol. The van der Waals surface area contributed by atoms with Crippen LogP contribution < -0.4 is 14.5 Å². The highest BCUT2D eigenvalue weighted by Gasteiger charge is 2.27. The van der Waals surface area contributed by atoms with Crippen molar-refractivity contribution in [2.45, 2.75) is 13.3 Å². The van der Waals surface area contributed by atoms with Crippen LogP contribution in [0.25, 0.3) is 22.1 Å². The van der Waals surface area contributed by atoms with Gasteiger partial charge in [0.1, 0.15) is 16.9 Å². The number of benzene rings is 2. The first-order valence-corrected chi connectivity index (χ1v) is 10.2. The smallest absolute Gasteiger partial charge is 0.196 e. The van der Waals surface area contributed by atoms with Crippen molar-refractivity contribution in [3.63, 3.8) is 0 Å². The maximum Gasteiger partial charge on any atom is 0.196 e. The van der Waals surface area contributed by atoms with Crippen molar-refractivity contribution in [2.24, 2.45) is 0 Å². The number of rotatable bonds is 4. The second kappa shape index (κ2) is 7.37. The van der Waals surface area contributed by atoms with E-state index in [1.807, 2.05) is 30.3 Å². The molecule has 1 aliphatic heterocycles. The van der Waals surface area contributed by atoms with Crippen molar-refractivity contribution in [3.8, 4) is 5.75 Å². The van der Waals surface area contributed by atoms with Gasteiger partial charge in [0, 0.05) is 17.9 Å². The molecule has 1 saturated heterocycles. The largest absolute Gasteiger partial charge is 0.491 e. The minimum Gasteiger partial charge on any atom is -0.491 e. The predicted molar refractivity (Wildman–Crippen MR) is 114 cm³/mol. The Labute approximate surface area is 169 Å². The van der Waals surface area contributed by atoms with Gasteiger partial charge < -0.3 is 14.1 Å². The molecule has 0 aliphatic carbocycles. The van der Waals surface area contributed by atoms with Gasteiger partial charge in [0.2, 0.25) is 0 Å². The third-order valence-electron chi connectivity index (χ3n) is 5.72. The van der Waals surface area contributed by atoms with E-state index in [4.69, 9.17) is 19.1 Å². The molecule has 1 fully saturated rings. The number of nitrogens with zero attached hydrogens (tertiary/aromatic N) is 3. The fourth-order valence-corrected chi connectivity index (χ4v) is 4.19. The molecule has 0 atom stereocenters. The molecule has 0 bridgehead atoms. The second-order valence-corrected chi connectivity index (χ2v) is 7.38. The first-order chi connectivity index (χ1) is 14.3. The van der Waals surface area contributed by atoms with Crippen LogP contribution in [-0.2, 0) is 6.42 Å². The van der Waals surface area contributed by atoms with Crippen LogP contribution in [0, 0.1) is 0 Å². The summed E-state index contributed by atoms with van der Waals surface area (Å²) < 4.78 is 11.8. The normalized spacial score (nSPS) is 15.3. The number of piperazine rings is 1.